The van der Waals surface area contributed by atoms with Crippen LogP contribution < -0.4 is 80.4 Å². The second-order valence-corrected chi connectivity index (χ2v) is 31.9. The third-order valence-corrected chi connectivity index (χ3v) is 17.1. The van der Waals surface area contributed by atoms with Crippen molar-refractivity contribution in [3.8, 4) is 5.75 Å². The molecule has 38 nitrogen and oxygen atoms in total. The Bertz CT molecular complexity index is 3760. The predicted molar refractivity (Wildman–Crippen MR) is 420 cm³/mol. The molecule has 2 aromatic carbocycles. The fourth-order valence-electron chi connectivity index (χ4n) is 11.0. The summed E-state index contributed by atoms with van der Waals surface area (Å²) in [5, 5.41) is 58.3. The molecule has 12 amide bonds. The number of amides is 12. The van der Waals surface area contributed by atoms with E-state index in [0.29, 0.717) is 5.56 Å². The van der Waals surface area contributed by atoms with E-state index in [2.05, 4.69) is 57.6 Å². The molecule has 0 aliphatic carbocycles. The highest BCUT2D eigenvalue weighted by atomic mass is 19.4. The Morgan fingerprint density at radius 2 is 1.02 bits per heavy atom. The average molecular weight is 1680 g/mol. The number of esters is 2. The molecular formula is C77H120F3N15O23. The molecular weight excluding hydrogens is 1560 g/mol. The summed E-state index contributed by atoms with van der Waals surface area (Å²) in [6.07, 6.45) is -14.8. The number of hydrogen-bond acceptors (Lipinski definition) is 23. The Morgan fingerprint density at radius 3 is 1.51 bits per heavy atom. The van der Waals surface area contributed by atoms with E-state index in [1.807, 2.05) is 10.6 Å². The third-order valence-electron chi connectivity index (χ3n) is 17.1. The molecule has 0 spiro atoms. The number of carbonyl (C=O) groups excluding carboxylic acids is 14. The molecule has 0 fully saturated rings. The highest BCUT2D eigenvalue weighted by Gasteiger charge is 2.48. The standard InChI is InChI=1S/C77H120F3N15O23/c1-18-42(10)54(93-61(100)47(28-23-29-84-72(82)83)86-62(101)49(31-39(4)5)88-67(106)56(58(98)41(8)9)95-74(113)118-76(15,16)17)66(105)94-55(43(11)96)65(104)85-35-53(97)92-57(59(60(81)99)117-71(111)77(78,79)80)68(107)90-52(37-115-75(12,13)14)70(110)116-46-27-22-26-45(33-46)34-51(69(108)109)89-63(102)48(30-38(2)3)87-64(103)50(32-40(6)7)91-73(112)114-36-44-24-20-19-21-25-44/h19-22,24-27,33,38-43,47-52,54-59,96,98H,18,23,28-32,34-37H2,1-17H3,(H2,81,99)(H,85,104)(H,86,101)(H,87,103)(H,88,106)(H,89,102)(H,90,107)(H,91,112)(H,92,97)(H,93,100)(H,94,105)(H,95,113)(H,108,109)(H4,82,83,84)/t42-,43-,47+,48-,49-,50+,51?,52?,54-,55-,56-,57-,58?,59-/m0/s1. The third kappa shape index (κ3) is 38.9. The zero-order chi connectivity index (χ0) is 90.0. The summed E-state index contributed by atoms with van der Waals surface area (Å²) in [6, 6.07) is -3.74. The Morgan fingerprint density at radius 1 is 0.525 bits per heavy atom. The summed E-state index contributed by atoms with van der Waals surface area (Å²) in [7, 11) is 0. The number of aliphatic hydroxyl groups excluding tert-OH is 2. The first-order chi connectivity index (χ1) is 54.6. The van der Waals surface area contributed by atoms with Crippen LogP contribution in [0.1, 0.15) is 167 Å². The highest BCUT2D eigenvalue weighted by Crippen LogP contribution is 2.22. The van der Waals surface area contributed by atoms with Crippen LogP contribution in [0.3, 0.4) is 0 Å². The van der Waals surface area contributed by atoms with Crippen LogP contribution in [0, 0.1) is 29.6 Å². The van der Waals surface area contributed by atoms with E-state index in [1.54, 1.807) is 113 Å². The average Bonchev–Trinajstić information content (AvgIpc) is 0.833. The van der Waals surface area contributed by atoms with Crippen LogP contribution in [0.5, 0.6) is 5.75 Å². The lowest BCUT2D eigenvalue weighted by atomic mass is 9.96. The highest BCUT2D eigenvalue weighted by molar-refractivity contribution is 6.00. The second kappa shape index (κ2) is 48.7. The lowest BCUT2D eigenvalue weighted by molar-refractivity contribution is -0.206. The summed E-state index contributed by atoms with van der Waals surface area (Å²) in [4.78, 5) is 209. The zero-order valence-electron chi connectivity index (χ0n) is 69.7. The predicted octanol–water partition coefficient (Wildman–Crippen LogP) is 0.812. The lowest BCUT2D eigenvalue weighted by Crippen LogP contribution is -2.63. The van der Waals surface area contributed by atoms with E-state index in [0.717, 1.165) is 13.0 Å². The van der Waals surface area contributed by atoms with Crippen LogP contribution in [0.4, 0.5) is 22.8 Å². The number of carboxylic acids is 1. The number of nitrogens with one attached hydrogen (secondary N) is 11. The van der Waals surface area contributed by atoms with Crippen LogP contribution in [0.25, 0.3) is 0 Å². The number of nitrogens with two attached hydrogens (primary N) is 3. The van der Waals surface area contributed by atoms with Crippen molar-refractivity contribution in [2.45, 2.75) is 265 Å². The maximum Gasteiger partial charge on any atom is 0.490 e. The van der Waals surface area contributed by atoms with Gasteiger partial charge in [0.15, 0.2) is 18.0 Å². The molecule has 3 unspecified atom stereocenters. The van der Waals surface area contributed by atoms with Crippen LogP contribution in [-0.2, 0) is 94.3 Å². The van der Waals surface area contributed by atoms with Crippen molar-refractivity contribution in [3.63, 3.8) is 0 Å². The number of rotatable bonds is 47. The number of guanidine groups is 1. The van der Waals surface area contributed by atoms with E-state index in [9.17, 15) is 100 Å². The number of aliphatic imine (C=N–C) groups is 1. The summed E-state index contributed by atoms with van der Waals surface area (Å²) in [5.74, 6) is -21.5. The Kier molecular flexibility index (Phi) is 42.5. The largest absolute Gasteiger partial charge is 0.490 e. The number of primary amides is 1. The Hall–Kier alpha value is -11.0. The van der Waals surface area contributed by atoms with Crippen molar-refractivity contribution in [3.05, 3.63) is 65.7 Å². The molecule has 0 saturated carbocycles. The minimum atomic E-state index is -5.88. The number of aliphatic hydroxyl groups is 2. The molecule has 0 bridgehead atoms. The van der Waals surface area contributed by atoms with Crippen LogP contribution in [0.15, 0.2) is 59.6 Å². The molecule has 2 aromatic rings. The fourth-order valence-corrected chi connectivity index (χ4v) is 11.0. The van der Waals surface area contributed by atoms with E-state index < -0.39 is 217 Å². The molecule has 41 heteroatoms. The molecule has 0 aliphatic heterocycles. The molecule has 0 saturated heterocycles. The van der Waals surface area contributed by atoms with Crippen LogP contribution in [-0.4, -0.2) is 226 Å². The molecule has 662 valence electrons. The number of benzene rings is 2. The molecule has 2 rings (SSSR count). The van der Waals surface area contributed by atoms with Gasteiger partial charge in [0, 0.05) is 13.0 Å². The van der Waals surface area contributed by atoms with Crippen molar-refractivity contribution in [2.24, 2.45) is 51.8 Å². The topological polar surface area (TPSA) is 586 Å². The van der Waals surface area contributed by atoms with Crippen LogP contribution >= 0.6 is 0 Å². The molecule has 14 atom stereocenters. The van der Waals surface area contributed by atoms with Crippen molar-refractivity contribution in [1.82, 2.24) is 58.5 Å². The summed E-state index contributed by atoms with van der Waals surface area (Å²) in [6.45, 7) is 24.5. The first-order valence-corrected chi connectivity index (χ1v) is 38.5. The zero-order valence-corrected chi connectivity index (χ0v) is 69.7. The molecule has 20 N–H and O–H groups in total. The molecule has 118 heavy (non-hydrogen) atoms. The van der Waals surface area contributed by atoms with Crippen molar-refractivity contribution >= 4 is 95.1 Å². The van der Waals surface area contributed by atoms with Gasteiger partial charge >= 0.3 is 36.3 Å². The first-order valence-electron chi connectivity index (χ1n) is 38.5. The maximum absolute atomic E-state index is 14.5. The minimum absolute atomic E-state index is 0.00150. The Balaban J connectivity index is 2.54. The normalized spacial score (nSPS) is 15.2. The van der Waals surface area contributed by atoms with Gasteiger partial charge in [0.25, 0.3) is 5.91 Å². The number of alkyl carbamates (subject to hydrolysis) is 2. The van der Waals surface area contributed by atoms with Gasteiger partial charge in [0.2, 0.25) is 59.3 Å². The first kappa shape index (κ1) is 103. The van der Waals surface area contributed by atoms with Gasteiger partial charge < -0.3 is 115 Å². The summed E-state index contributed by atoms with van der Waals surface area (Å²) >= 11 is 0. The van der Waals surface area contributed by atoms with Gasteiger partial charge in [0.05, 0.1) is 31.0 Å². The number of carboxylic acid groups (broad SMARTS) is 1. The van der Waals surface area contributed by atoms with Gasteiger partial charge in [-0.25, -0.2) is 24.0 Å². The molecule has 0 aromatic heterocycles. The van der Waals surface area contributed by atoms with Gasteiger partial charge in [-0.3, -0.25) is 52.9 Å². The lowest BCUT2D eigenvalue weighted by Gasteiger charge is -2.31. The maximum atomic E-state index is 14.5. The molecule has 0 aliphatic rings. The SMILES string of the molecule is CC[C@H](C)[C@H](NC(=O)[C@@H](CCCN=C(N)N)NC(=O)[C@H](CC(C)C)NC(=O)[C@@H](NC(=O)OC(C)(C)C)C(O)C(C)C)C(=O)N[C@H](C(=O)NCC(=O)N[C@H](C(=O)NC(COC(C)(C)C)C(=O)Oc1cccc(CC(NC(=O)[C@H](CC(C)C)NC(=O)[C@@H](CC(C)C)NC(=O)OCc2ccccc2)C(=O)O)c1)[C@H](OC(=O)C(F)(F)F)C(N)=O)[C@H](C)O. The van der Waals surface area contributed by atoms with Crippen molar-refractivity contribution in [1.29, 1.82) is 0 Å². The van der Waals surface area contributed by atoms with E-state index >= 15 is 0 Å². The van der Waals surface area contributed by atoms with E-state index in [1.165, 1.54) is 45.9 Å². The quantitative estimate of drug-likeness (QED) is 0.0109. The van der Waals surface area contributed by atoms with Gasteiger partial charge in [-0.1, -0.05) is 118 Å². The fraction of sp³-hybridized carbons (Fsp3) is 0.636. The smallest absolute Gasteiger partial charge is 0.480 e. The molecule has 0 radical (unpaired) electrons. The van der Waals surface area contributed by atoms with Gasteiger partial charge in [-0.15, -0.1) is 0 Å². The monoisotopic (exact) mass is 1680 g/mol. The van der Waals surface area contributed by atoms with Crippen molar-refractivity contribution in [2.75, 3.05) is 19.7 Å². The van der Waals surface area contributed by atoms with Crippen molar-refractivity contribution < 1.29 is 124 Å². The van der Waals surface area contributed by atoms with Gasteiger partial charge in [-0.05, 0) is 133 Å². The second-order valence-electron chi connectivity index (χ2n) is 31.9. The summed E-state index contributed by atoms with van der Waals surface area (Å²) < 4.78 is 67.8. The number of carbonyl (C=O) groups is 15. The van der Waals surface area contributed by atoms with E-state index in [4.69, 9.17) is 36.1 Å². The van der Waals surface area contributed by atoms with Crippen LogP contribution in [0.2, 0.25) is 0 Å². The molecule has 0 heterocycles. The number of ether oxygens (including phenoxy) is 5. The number of alkyl halides is 3. The van der Waals surface area contributed by atoms with E-state index in [-0.39, 0.29) is 86.7 Å². The summed E-state index contributed by atoms with van der Waals surface area (Å²) in [5.41, 5.74) is 15.0. The number of nitrogens with zero attached hydrogens (tertiary/aromatic N) is 1. The minimum Gasteiger partial charge on any atom is -0.480 e. The van der Waals surface area contributed by atoms with Gasteiger partial charge in [0.1, 0.15) is 66.3 Å². The van der Waals surface area contributed by atoms with Gasteiger partial charge in [-0.2, -0.15) is 13.2 Å². The number of hydrogen-bond donors (Lipinski definition) is 17. The number of halogens is 3. The Labute approximate surface area is 683 Å². The number of aliphatic carboxylic acids is 1.